The van der Waals surface area contributed by atoms with Gasteiger partial charge in [0.2, 0.25) is 10.0 Å². The van der Waals surface area contributed by atoms with Crippen molar-refractivity contribution in [3.63, 3.8) is 0 Å². The molecule has 0 aliphatic rings. The average molecular weight is 521 g/mol. The topological polar surface area (TPSA) is 222 Å². The quantitative estimate of drug-likeness (QED) is 0.291. The van der Waals surface area contributed by atoms with Gasteiger partial charge in [-0.2, -0.15) is 0 Å². The third-order valence-corrected chi connectivity index (χ3v) is 6.77. The van der Waals surface area contributed by atoms with Crippen molar-refractivity contribution in [1.82, 2.24) is 0 Å². The Balaban J connectivity index is 1.77. The van der Waals surface area contributed by atoms with Crippen LogP contribution in [0.3, 0.4) is 0 Å². The molecule has 4 N–H and O–H groups in total. The lowest BCUT2D eigenvalue weighted by Crippen LogP contribution is -2.15. The van der Waals surface area contributed by atoms with E-state index in [1.165, 1.54) is 24.3 Å². The highest BCUT2D eigenvalue weighted by Gasteiger charge is 2.20. The van der Waals surface area contributed by atoms with E-state index in [-0.39, 0.29) is 26.7 Å². The fourth-order valence-electron chi connectivity index (χ4n) is 2.78. The molecule has 0 bridgehead atoms. The van der Waals surface area contributed by atoms with E-state index < -0.39 is 47.2 Å². The highest BCUT2D eigenvalue weighted by molar-refractivity contribution is 7.92. The molecule has 0 radical (unpaired) electrons. The molecule has 16 heteroatoms. The number of hydrogen-bond donors (Lipinski definition) is 3. The van der Waals surface area contributed by atoms with E-state index in [0.29, 0.717) is 6.07 Å². The molecule has 35 heavy (non-hydrogen) atoms. The van der Waals surface area contributed by atoms with Gasteiger partial charge in [0.25, 0.3) is 27.3 Å². The molecule has 3 aromatic rings. The van der Waals surface area contributed by atoms with E-state index in [4.69, 9.17) is 5.14 Å². The van der Waals surface area contributed by atoms with Crippen molar-refractivity contribution >= 4 is 48.7 Å². The fraction of sp³-hybridized carbons (Fsp3) is 0. The van der Waals surface area contributed by atoms with Crippen LogP contribution in [0.1, 0.15) is 10.4 Å². The first-order valence-electron chi connectivity index (χ1n) is 9.27. The summed E-state index contributed by atoms with van der Waals surface area (Å²) in [5.74, 6) is -0.888. The van der Waals surface area contributed by atoms with Crippen LogP contribution in [0.5, 0.6) is 0 Å². The summed E-state index contributed by atoms with van der Waals surface area (Å²) in [4.78, 5) is 32.3. The number of carbonyl (C=O) groups is 1. The van der Waals surface area contributed by atoms with Crippen molar-refractivity contribution in [2.75, 3.05) is 10.0 Å². The van der Waals surface area contributed by atoms with Gasteiger partial charge in [-0.15, -0.1) is 0 Å². The first kappa shape index (κ1) is 25.2. The lowest BCUT2D eigenvalue weighted by Gasteiger charge is -2.10. The second-order valence-electron chi connectivity index (χ2n) is 6.91. The molecule has 182 valence electrons. The zero-order valence-electron chi connectivity index (χ0n) is 17.3. The van der Waals surface area contributed by atoms with Gasteiger partial charge >= 0.3 is 0 Å². The Bertz CT molecular complexity index is 1500. The molecule has 0 saturated heterocycles. The largest absolute Gasteiger partial charge is 0.322 e. The summed E-state index contributed by atoms with van der Waals surface area (Å²) >= 11 is 0. The van der Waals surface area contributed by atoms with Crippen LogP contribution in [0.25, 0.3) is 0 Å². The van der Waals surface area contributed by atoms with E-state index in [1.54, 1.807) is 0 Å². The molecule has 0 heterocycles. The van der Waals surface area contributed by atoms with Crippen LogP contribution in [0.15, 0.2) is 76.5 Å². The van der Waals surface area contributed by atoms with E-state index in [9.17, 15) is 41.9 Å². The summed E-state index contributed by atoms with van der Waals surface area (Å²) in [6.07, 6.45) is 0. The Kier molecular flexibility index (Phi) is 6.81. The third kappa shape index (κ3) is 6.14. The van der Waals surface area contributed by atoms with E-state index >= 15 is 0 Å². The predicted molar refractivity (Wildman–Crippen MR) is 123 cm³/mol. The van der Waals surface area contributed by atoms with Gasteiger partial charge in [0, 0.05) is 23.5 Å². The van der Waals surface area contributed by atoms with Crippen LogP contribution in [0, 0.1) is 20.2 Å². The Morgan fingerprint density at radius 1 is 0.743 bits per heavy atom. The molecule has 3 aromatic carbocycles. The molecule has 0 aromatic heterocycles. The summed E-state index contributed by atoms with van der Waals surface area (Å²) in [6.45, 7) is 0. The SMILES string of the molecule is NS(=O)(=O)c1ccc(NS(=O)(=O)c2ccc(NC(=O)c3cc([N+](=O)[O-])cc([N+](=O)[O-])c3)cc2)cc1. The molecule has 0 aliphatic heterocycles. The van der Waals surface area contributed by atoms with Gasteiger partial charge in [-0.05, 0) is 48.5 Å². The lowest BCUT2D eigenvalue weighted by atomic mass is 10.1. The van der Waals surface area contributed by atoms with Gasteiger partial charge in [-0.3, -0.25) is 29.7 Å². The van der Waals surface area contributed by atoms with Crippen molar-refractivity contribution in [2.45, 2.75) is 9.79 Å². The summed E-state index contributed by atoms with van der Waals surface area (Å²) in [5.41, 5.74) is -1.45. The van der Waals surface area contributed by atoms with Crippen molar-refractivity contribution in [2.24, 2.45) is 5.14 Å². The first-order valence-corrected chi connectivity index (χ1v) is 12.3. The summed E-state index contributed by atoms with van der Waals surface area (Å²) in [6, 6.07) is 11.9. The number of carbonyl (C=O) groups excluding carboxylic acids is 1. The van der Waals surface area contributed by atoms with Crippen molar-refractivity contribution < 1.29 is 31.5 Å². The van der Waals surface area contributed by atoms with Crippen LogP contribution in [0.4, 0.5) is 22.7 Å². The molecule has 0 atom stereocenters. The number of primary sulfonamides is 1. The first-order chi connectivity index (χ1) is 16.3. The number of non-ortho nitro benzene ring substituents is 2. The summed E-state index contributed by atoms with van der Waals surface area (Å²) in [7, 11) is -8.02. The standard InChI is InChI=1S/C19H15N5O9S2/c20-34(30,31)17-5-3-14(4-6-17)22-35(32,33)18-7-1-13(2-8-18)21-19(25)12-9-15(23(26)27)11-16(10-12)24(28)29/h1-11,22H,(H,21,25)(H2,20,30,31). The fourth-order valence-corrected chi connectivity index (χ4v) is 4.36. The molecule has 1 amide bonds. The second kappa shape index (κ2) is 9.45. The molecule has 0 unspecified atom stereocenters. The molecule has 0 fully saturated rings. The van der Waals surface area contributed by atoms with E-state index in [0.717, 1.165) is 36.4 Å². The molecule has 3 rings (SSSR count). The van der Waals surface area contributed by atoms with Crippen molar-refractivity contribution in [3.05, 3.63) is 92.5 Å². The van der Waals surface area contributed by atoms with Crippen molar-refractivity contribution in [1.29, 1.82) is 0 Å². The number of nitrogens with two attached hydrogens (primary N) is 1. The summed E-state index contributed by atoms with van der Waals surface area (Å²) in [5, 5.41) is 29.3. The Morgan fingerprint density at radius 2 is 1.20 bits per heavy atom. The zero-order valence-corrected chi connectivity index (χ0v) is 18.9. The number of sulfonamides is 2. The molecule has 0 spiro atoms. The maximum absolute atomic E-state index is 12.6. The average Bonchev–Trinajstić information content (AvgIpc) is 2.78. The molecular weight excluding hydrogens is 506 g/mol. The van der Waals surface area contributed by atoms with Crippen LogP contribution in [-0.4, -0.2) is 32.6 Å². The van der Waals surface area contributed by atoms with Gasteiger partial charge in [0.05, 0.1) is 31.3 Å². The number of hydrogen-bond acceptors (Lipinski definition) is 9. The summed E-state index contributed by atoms with van der Waals surface area (Å²) < 4.78 is 50.0. The number of nitrogens with zero attached hydrogens (tertiary/aromatic N) is 2. The highest BCUT2D eigenvalue weighted by atomic mass is 32.2. The smallest absolute Gasteiger partial charge is 0.277 e. The lowest BCUT2D eigenvalue weighted by molar-refractivity contribution is -0.394. The molecular formula is C19H15N5O9S2. The number of benzene rings is 3. The van der Waals surface area contributed by atoms with Crippen LogP contribution in [-0.2, 0) is 20.0 Å². The minimum atomic E-state index is -4.08. The highest BCUT2D eigenvalue weighted by Crippen LogP contribution is 2.24. The van der Waals surface area contributed by atoms with Crippen LogP contribution < -0.4 is 15.2 Å². The van der Waals surface area contributed by atoms with Gasteiger partial charge in [0.1, 0.15) is 0 Å². The zero-order chi connectivity index (χ0) is 26.0. The maximum Gasteiger partial charge on any atom is 0.277 e. The minimum Gasteiger partial charge on any atom is -0.322 e. The molecule has 0 aliphatic carbocycles. The number of nitro benzene ring substituents is 2. The second-order valence-corrected chi connectivity index (χ2v) is 10.1. The monoisotopic (exact) mass is 521 g/mol. The van der Waals surface area contributed by atoms with Crippen LogP contribution in [0.2, 0.25) is 0 Å². The van der Waals surface area contributed by atoms with Gasteiger partial charge in [-0.25, -0.2) is 22.0 Å². The number of nitrogens with one attached hydrogen (secondary N) is 2. The Hall–Kier alpha value is -4.41. The van der Waals surface area contributed by atoms with Crippen LogP contribution >= 0.6 is 0 Å². The normalized spacial score (nSPS) is 11.5. The number of amides is 1. The van der Waals surface area contributed by atoms with E-state index in [2.05, 4.69) is 10.0 Å². The van der Waals surface area contributed by atoms with Crippen molar-refractivity contribution in [3.8, 4) is 0 Å². The Morgan fingerprint density at radius 3 is 1.66 bits per heavy atom. The van der Waals surface area contributed by atoms with Gasteiger partial charge in [0.15, 0.2) is 0 Å². The molecule has 0 saturated carbocycles. The van der Waals surface area contributed by atoms with Gasteiger partial charge < -0.3 is 5.32 Å². The number of nitro groups is 2. The molecule has 14 nitrogen and oxygen atoms in total. The minimum absolute atomic E-state index is 0.0713. The number of anilines is 2. The van der Waals surface area contributed by atoms with E-state index in [1.807, 2.05) is 0 Å². The Labute approximate surface area is 197 Å². The van der Waals surface area contributed by atoms with Gasteiger partial charge in [-0.1, -0.05) is 0 Å². The maximum atomic E-state index is 12.6. The third-order valence-electron chi connectivity index (χ3n) is 4.44. The predicted octanol–water partition coefficient (Wildman–Crippen LogP) is 2.20. The number of rotatable bonds is 8.